The number of benzene rings is 1. The fourth-order valence-corrected chi connectivity index (χ4v) is 3.21. The number of aromatic nitrogens is 1. The lowest BCUT2D eigenvalue weighted by molar-refractivity contribution is -0.139. The Labute approximate surface area is 156 Å². The SMILES string of the molecule is O=C(Cc1ccccc1C(F)(F)F)N1CCCC(OCc2ccccn2)C1. The third-order valence-electron chi connectivity index (χ3n) is 4.59. The Balaban J connectivity index is 1.59. The van der Waals surface area contributed by atoms with Crippen LogP contribution in [0.2, 0.25) is 0 Å². The van der Waals surface area contributed by atoms with Crippen LogP contribution in [0.25, 0.3) is 0 Å². The zero-order valence-corrected chi connectivity index (χ0v) is 14.8. The molecule has 4 nitrogen and oxygen atoms in total. The summed E-state index contributed by atoms with van der Waals surface area (Å²) in [6.07, 6.45) is -1.60. The molecule has 7 heteroatoms. The van der Waals surface area contributed by atoms with E-state index in [1.807, 2.05) is 18.2 Å². The highest BCUT2D eigenvalue weighted by Gasteiger charge is 2.34. The molecule has 0 radical (unpaired) electrons. The summed E-state index contributed by atoms with van der Waals surface area (Å²) in [6.45, 7) is 1.28. The second kappa shape index (κ2) is 8.52. The second-order valence-corrected chi connectivity index (χ2v) is 6.57. The van der Waals surface area contributed by atoms with Crippen LogP contribution in [0.5, 0.6) is 0 Å². The number of piperidine rings is 1. The quantitative estimate of drug-likeness (QED) is 0.794. The second-order valence-electron chi connectivity index (χ2n) is 6.57. The lowest BCUT2D eigenvalue weighted by Gasteiger charge is -2.33. The van der Waals surface area contributed by atoms with Crippen LogP contribution in [0, 0.1) is 0 Å². The summed E-state index contributed by atoms with van der Waals surface area (Å²) in [6, 6.07) is 10.8. The van der Waals surface area contributed by atoms with Crippen LogP contribution < -0.4 is 0 Å². The Kier molecular flexibility index (Phi) is 6.11. The van der Waals surface area contributed by atoms with Gasteiger partial charge in [-0.05, 0) is 36.6 Å². The number of ether oxygens (including phenoxy) is 1. The standard InChI is InChI=1S/C20H21F3N2O2/c21-20(22,23)18-9-2-1-6-15(18)12-19(26)25-11-5-8-17(13-25)27-14-16-7-3-4-10-24-16/h1-4,6-7,9-10,17H,5,8,11-14H2. The van der Waals surface area contributed by atoms with Crippen molar-refractivity contribution in [3.63, 3.8) is 0 Å². The summed E-state index contributed by atoms with van der Waals surface area (Å²) in [4.78, 5) is 18.3. The van der Waals surface area contributed by atoms with E-state index in [2.05, 4.69) is 4.98 Å². The Morgan fingerprint density at radius 1 is 1.19 bits per heavy atom. The van der Waals surface area contributed by atoms with Gasteiger partial charge in [-0.15, -0.1) is 0 Å². The lowest BCUT2D eigenvalue weighted by Crippen LogP contribution is -2.44. The Morgan fingerprint density at radius 3 is 2.70 bits per heavy atom. The molecule has 1 unspecified atom stereocenters. The van der Waals surface area contributed by atoms with Crippen molar-refractivity contribution in [3.05, 3.63) is 65.5 Å². The summed E-state index contributed by atoms with van der Waals surface area (Å²) >= 11 is 0. The third kappa shape index (κ3) is 5.29. The lowest BCUT2D eigenvalue weighted by atomic mass is 10.0. The van der Waals surface area contributed by atoms with Gasteiger partial charge in [0.2, 0.25) is 5.91 Å². The summed E-state index contributed by atoms with van der Waals surface area (Å²) in [5, 5.41) is 0. The number of amides is 1. The van der Waals surface area contributed by atoms with Gasteiger partial charge in [-0.3, -0.25) is 9.78 Å². The van der Waals surface area contributed by atoms with Gasteiger partial charge < -0.3 is 9.64 Å². The number of nitrogens with zero attached hydrogens (tertiary/aromatic N) is 2. The highest BCUT2D eigenvalue weighted by atomic mass is 19.4. The summed E-state index contributed by atoms with van der Waals surface area (Å²) < 4.78 is 45.2. The Morgan fingerprint density at radius 2 is 1.96 bits per heavy atom. The van der Waals surface area contributed by atoms with E-state index in [1.165, 1.54) is 18.2 Å². The van der Waals surface area contributed by atoms with E-state index >= 15 is 0 Å². The zero-order chi connectivity index (χ0) is 19.3. The first-order valence-electron chi connectivity index (χ1n) is 8.88. The van der Waals surface area contributed by atoms with Gasteiger partial charge in [0.15, 0.2) is 0 Å². The summed E-state index contributed by atoms with van der Waals surface area (Å²) in [5.74, 6) is -0.308. The highest BCUT2D eigenvalue weighted by molar-refractivity contribution is 5.79. The first-order valence-corrected chi connectivity index (χ1v) is 8.88. The van der Waals surface area contributed by atoms with E-state index in [0.29, 0.717) is 19.7 Å². The van der Waals surface area contributed by atoms with Crippen LogP contribution in [0.4, 0.5) is 13.2 Å². The molecule has 1 aliphatic heterocycles. The minimum Gasteiger partial charge on any atom is -0.370 e. The van der Waals surface area contributed by atoms with Gasteiger partial charge in [-0.25, -0.2) is 0 Å². The van der Waals surface area contributed by atoms with Crippen molar-refractivity contribution in [2.45, 2.75) is 38.1 Å². The number of hydrogen-bond donors (Lipinski definition) is 0. The van der Waals surface area contributed by atoms with Crippen molar-refractivity contribution >= 4 is 5.91 Å². The number of rotatable bonds is 5. The molecule has 1 aromatic heterocycles. The first kappa shape index (κ1) is 19.4. The number of alkyl halides is 3. The normalized spacial score (nSPS) is 17.7. The van der Waals surface area contributed by atoms with Crippen LogP contribution >= 0.6 is 0 Å². The van der Waals surface area contributed by atoms with Gasteiger partial charge in [0.25, 0.3) is 0 Å². The molecule has 0 saturated carbocycles. The predicted molar refractivity (Wildman–Crippen MR) is 93.8 cm³/mol. The number of likely N-dealkylation sites (tertiary alicyclic amines) is 1. The van der Waals surface area contributed by atoms with Gasteiger partial charge in [-0.1, -0.05) is 24.3 Å². The van der Waals surface area contributed by atoms with Crippen molar-refractivity contribution in [2.24, 2.45) is 0 Å². The van der Waals surface area contributed by atoms with Crippen molar-refractivity contribution in [2.75, 3.05) is 13.1 Å². The van der Waals surface area contributed by atoms with Gasteiger partial charge in [0.1, 0.15) is 0 Å². The molecule has 1 aliphatic rings. The van der Waals surface area contributed by atoms with Crippen LogP contribution in [0.3, 0.4) is 0 Å². The van der Waals surface area contributed by atoms with Crippen molar-refractivity contribution < 1.29 is 22.7 Å². The Hall–Kier alpha value is -2.41. The number of hydrogen-bond acceptors (Lipinski definition) is 3. The fraction of sp³-hybridized carbons (Fsp3) is 0.400. The average Bonchev–Trinajstić information content (AvgIpc) is 2.67. The maximum Gasteiger partial charge on any atom is 0.416 e. The van der Waals surface area contributed by atoms with Gasteiger partial charge in [0, 0.05) is 19.3 Å². The van der Waals surface area contributed by atoms with Crippen LogP contribution in [-0.2, 0) is 28.7 Å². The molecule has 3 rings (SSSR count). The molecule has 2 heterocycles. The van der Waals surface area contributed by atoms with Crippen LogP contribution in [0.15, 0.2) is 48.7 Å². The molecule has 27 heavy (non-hydrogen) atoms. The minimum absolute atomic E-state index is 0.00604. The fourth-order valence-electron chi connectivity index (χ4n) is 3.21. The smallest absolute Gasteiger partial charge is 0.370 e. The van der Waals surface area contributed by atoms with Gasteiger partial charge in [0.05, 0.1) is 30.4 Å². The summed E-state index contributed by atoms with van der Waals surface area (Å²) in [7, 11) is 0. The van der Waals surface area contributed by atoms with Gasteiger partial charge >= 0.3 is 6.18 Å². The molecule has 0 spiro atoms. The molecular weight excluding hydrogens is 357 g/mol. The molecule has 0 bridgehead atoms. The molecule has 1 fully saturated rings. The Bertz CT molecular complexity index is 765. The topological polar surface area (TPSA) is 42.4 Å². The monoisotopic (exact) mass is 378 g/mol. The average molecular weight is 378 g/mol. The third-order valence-corrected chi connectivity index (χ3v) is 4.59. The van der Waals surface area contributed by atoms with E-state index in [0.717, 1.165) is 24.6 Å². The highest BCUT2D eigenvalue weighted by Crippen LogP contribution is 2.32. The maximum absolute atomic E-state index is 13.1. The number of pyridine rings is 1. The van der Waals surface area contributed by atoms with Crippen molar-refractivity contribution in [1.29, 1.82) is 0 Å². The van der Waals surface area contributed by atoms with E-state index in [-0.39, 0.29) is 24.0 Å². The molecule has 2 aromatic rings. The molecule has 0 N–H and O–H groups in total. The van der Waals surface area contributed by atoms with E-state index in [9.17, 15) is 18.0 Å². The van der Waals surface area contributed by atoms with Gasteiger partial charge in [-0.2, -0.15) is 13.2 Å². The number of carbonyl (C=O) groups excluding carboxylic acids is 1. The van der Waals surface area contributed by atoms with E-state index in [1.54, 1.807) is 11.1 Å². The molecule has 1 atom stereocenters. The number of halogens is 3. The van der Waals surface area contributed by atoms with Crippen molar-refractivity contribution in [3.8, 4) is 0 Å². The molecule has 144 valence electrons. The maximum atomic E-state index is 13.1. The number of carbonyl (C=O) groups is 1. The first-order chi connectivity index (χ1) is 12.9. The van der Waals surface area contributed by atoms with Crippen molar-refractivity contribution in [1.82, 2.24) is 9.88 Å². The van der Waals surface area contributed by atoms with Crippen LogP contribution in [-0.4, -0.2) is 35.0 Å². The largest absolute Gasteiger partial charge is 0.416 e. The molecule has 1 amide bonds. The van der Waals surface area contributed by atoms with E-state index in [4.69, 9.17) is 4.74 Å². The van der Waals surface area contributed by atoms with E-state index < -0.39 is 11.7 Å². The predicted octanol–water partition coefficient (Wildman–Crippen LogP) is 3.85. The summed E-state index contributed by atoms with van der Waals surface area (Å²) in [5.41, 5.74) is 0.0601. The molecule has 1 saturated heterocycles. The molecular formula is C20H21F3N2O2. The van der Waals surface area contributed by atoms with Crippen LogP contribution in [0.1, 0.15) is 29.7 Å². The molecule has 1 aromatic carbocycles. The zero-order valence-electron chi connectivity index (χ0n) is 14.8. The minimum atomic E-state index is -4.47. The molecule has 0 aliphatic carbocycles.